The Labute approximate surface area is 176 Å². The minimum Gasteiger partial charge on any atom is -0.449 e. The minimum atomic E-state index is -0.399. The fourth-order valence-electron chi connectivity index (χ4n) is 3.80. The molecule has 0 aliphatic heterocycles. The number of carbonyl (C=O) groups excluding carboxylic acids is 1. The number of nitriles is 1. The molecule has 1 aliphatic rings. The Balaban J connectivity index is 1.26. The molecule has 0 bridgehead atoms. The fraction of sp³-hybridized carbons (Fsp3) is 0.154. The molecule has 0 aromatic heterocycles. The molecule has 3 aromatic carbocycles. The zero-order valence-corrected chi connectivity index (χ0v) is 16.5. The number of hydrogen-bond acceptors (Lipinski definition) is 3. The van der Waals surface area contributed by atoms with Crippen LogP contribution < -0.4 is 5.32 Å². The summed E-state index contributed by atoms with van der Waals surface area (Å²) in [6.45, 7) is 0.824. The molecule has 0 saturated carbocycles. The Morgan fingerprint density at radius 2 is 1.60 bits per heavy atom. The van der Waals surface area contributed by atoms with E-state index >= 15 is 0 Å². The van der Waals surface area contributed by atoms with Gasteiger partial charge in [0.05, 0.1) is 11.6 Å². The van der Waals surface area contributed by atoms with E-state index in [4.69, 9.17) is 10.00 Å². The van der Waals surface area contributed by atoms with Crippen molar-refractivity contribution in [3.05, 3.63) is 101 Å². The molecule has 1 N–H and O–H groups in total. The zero-order chi connectivity index (χ0) is 20.8. The Morgan fingerprint density at radius 3 is 2.23 bits per heavy atom. The molecule has 0 saturated heterocycles. The van der Waals surface area contributed by atoms with Gasteiger partial charge in [-0.3, -0.25) is 0 Å². The van der Waals surface area contributed by atoms with Gasteiger partial charge < -0.3 is 10.1 Å². The predicted molar refractivity (Wildman–Crippen MR) is 118 cm³/mol. The number of alkyl carbamates (subject to hydrolysis) is 1. The highest BCUT2D eigenvalue weighted by molar-refractivity contribution is 5.79. The SMILES string of the molecule is N#Cc1ccc(C=CCCNC(=O)OCC2c3ccccc3-c3ccccc32)cc1. The van der Waals surface area contributed by atoms with Gasteiger partial charge in [-0.25, -0.2) is 4.79 Å². The van der Waals surface area contributed by atoms with Crippen LogP contribution in [0.4, 0.5) is 4.79 Å². The normalized spacial score (nSPS) is 12.2. The molecule has 0 unspecified atom stereocenters. The highest BCUT2D eigenvalue weighted by Gasteiger charge is 2.28. The van der Waals surface area contributed by atoms with Gasteiger partial charge in [0, 0.05) is 12.5 Å². The molecule has 4 rings (SSSR count). The third-order valence-electron chi connectivity index (χ3n) is 5.27. The third-order valence-corrected chi connectivity index (χ3v) is 5.27. The van der Waals surface area contributed by atoms with Crippen molar-refractivity contribution < 1.29 is 9.53 Å². The van der Waals surface area contributed by atoms with Gasteiger partial charge in [0.2, 0.25) is 0 Å². The molecular formula is C26H22N2O2. The maximum absolute atomic E-state index is 12.1. The number of hydrogen-bond donors (Lipinski definition) is 1. The van der Waals surface area contributed by atoms with Crippen LogP contribution in [0.2, 0.25) is 0 Å². The lowest BCUT2D eigenvalue weighted by Gasteiger charge is -2.14. The zero-order valence-electron chi connectivity index (χ0n) is 16.5. The largest absolute Gasteiger partial charge is 0.449 e. The molecule has 0 fully saturated rings. The van der Waals surface area contributed by atoms with Gasteiger partial charge in [-0.15, -0.1) is 0 Å². The number of benzene rings is 3. The maximum Gasteiger partial charge on any atom is 0.407 e. The van der Waals surface area contributed by atoms with Gasteiger partial charge in [-0.2, -0.15) is 5.26 Å². The predicted octanol–water partition coefficient (Wildman–Crippen LogP) is 5.50. The summed E-state index contributed by atoms with van der Waals surface area (Å²) in [7, 11) is 0. The number of nitrogens with one attached hydrogen (secondary N) is 1. The number of nitrogens with zero attached hydrogens (tertiary/aromatic N) is 1. The highest BCUT2D eigenvalue weighted by Crippen LogP contribution is 2.44. The first-order chi connectivity index (χ1) is 14.8. The van der Waals surface area contributed by atoms with E-state index in [-0.39, 0.29) is 5.92 Å². The lowest BCUT2D eigenvalue weighted by molar-refractivity contribution is 0.143. The van der Waals surface area contributed by atoms with Crippen LogP contribution in [-0.4, -0.2) is 19.2 Å². The first-order valence-electron chi connectivity index (χ1n) is 10.0. The molecule has 148 valence electrons. The summed E-state index contributed by atoms with van der Waals surface area (Å²) < 4.78 is 5.53. The average molecular weight is 394 g/mol. The smallest absolute Gasteiger partial charge is 0.407 e. The second-order valence-electron chi connectivity index (χ2n) is 7.18. The molecule has 0 heterocycles. The summed E-state index contributed by atoms with van der Waals surface area (Å²) in [6.07, 6.45) is 4.26. The van der Waals surface area contributed by atoms with Crippen LogP contribution >= 0.6 is 0 Å². The third kappa shape index (κ3) is 4.26. The van der Waals surface area contributed by atoms with Crippen molar-refractivity contribution >= 4 is 12.2 Å². The van der Waals surface area contributed by atoms with Gasteiger partial charge >= 0.3 is 6.09 Å². The Morgan fingerprint density at radius 1 is 0.967 bits per heavy atom. The molecular weight excluding hydrogens is 372 g/mol. The molecule has 0 atom stereocenters. The van der Waals surface area contributed by atoms with Crippen LogP contribution in [0.25, 0.3) is 17.2 Å². The first kappa shape index (κ1) is 19.5. The van der Waals surface area contributed by atoms with Crippen LogP contribution in [0, 0.1) is 11.3 Å². The summed E-state index contributed by atoms with van der Waals surface area (Å²) in [6, 6.07) is 26.0. The quantitative estimate of drug-likeness (QED) is 0.562. The van der Waals surface area contributed by atoms with E-state index in [1.54, 1.807) is 12.1 Å². The van der Waals surface area contributed by atoms with E-state index in [0.29, 0.717) is 25.1 Å². The second kappa shape index (κ2) is 9.11. The first-order valence-corrected chi connectivity index (χ1v) is 10.0. The minimum absolute atomic E-state index is 0.0689. The number of amides is 1. The van der Waals surface area contributed by atoms with Gasteiger partial charge in [0.1, 0.15) is 6.61 Å². The molecule has 4 nitrogen and oxygen atoms in total. The maximum atomic E-state index is 12.1. The van der Waals surface area contributed by atoms with E-state index in [2.05, 4.69) is 35.7 Å². The molecule has 0 radical (unpaired) electrons. The summed E-state index contributed by atoms with van der Waals surface area (Å²) >= 11 is 0. The standard InChI is InChI=1S/C26H22N2O2/c27-17-20-14-12-19(13-15-20)7-5-6-16-28-26(29)30-18-25-23-10-3-1-8-21(23)22-9-2-4-11-24(22)25/h1-5,7-15,25H,6,16,18H2,(H,28,29). The summed E-state index contributed by atoms with van der Waals surface area (Å²) in [5, 5.41) is 11.6. The number of ether oxygens (including phenoxy) is 1. The number of carbonyl (C=O) groups is 1. The van der Waals surface area contributed by atoms with E-state index in [1.165, 1.54) is 22.3 Å². The van der Waals surface area contributed by atoms with Crippen molar-refractivity contribution in [3.63, 3.8) is 0 Å². The highest BCUT2D eigenvalue weighted by atomic mass is 16.5. The molecule has 0 spiro atoms. The lowest BCUT2D eigenvalue weighted by Crippen LogP contribution is -2.26. The Bertz CT molecular complexity index is 1060. The molecule has 30 heavy (non-hydrogen) atoms. The van der Waals surface area contributed by atoms with E-state index in [1.807, 2.05) is 48.6 Å². The Hall–Kier alpha value is -3.84. The van der Waals surface area contributed by atoms with Gasteiger partial charge in [0.15, 0.2) is 0 Å². The van der Waals surface area contributed by atoms with Crippen LogP contribution in [-0.2, 0) is 4.74 Å². The van der Waals surface area contributed by atoms with Crippen LogP contribution in [0.5, 0.6) is 0 Å². The van der Waals surface area contributed by atoms with Crippen molar-refractivity contribution in [3.8, 4) is 17.2 Å². The van der Waals surface area contributed by atoms with Crippen LogP contribution in [0.1, 0.15) is 34.6 Å². The van der Waals surface area contributed by atoms with Crippen LogP contribution in [0.3, 0.4) is 0 Å². The van der Waals surface area contributed by atoms with Gasteiger partial charge in [-0.05, 0) is 46.4 Å². The van der Waals surface area contributed by atoms with Crippen molar-refractivity contribution in [2.45, 2.75) is 12.3 Å². The van der Waals surface area contributed by atoms with Crippen molar-refractivity contribution in [2.75, 3.05) is 13.2 Å². The van der Waals surface area contributed by atoms with Crippen LogP contribution in [0.15, 0.2) is 78.9 Å². The van der Waals surface area contributed by atoms with Gasteiger partial charge in [0.25, 0.3) is 0 Å². The monoisotopic (exact) mass is 394 g/mol. The molecule has 1 aliphatic carbocycles. The van der Waals surface area contributed by atoms with Gasteiger partial charge in [-0.1, -0.05) is 72.8 Å². The number of rotatable bonds is 6. The summed E-state index contributed by atoms with van der Waals surface area (Å²) in [5.41, 5.74) is 6.51. The van der Waals surface area contributed by atoms with Crippen molar-refractivity contribution in [1.29, 1.82) is 5.26 Å². The molecule has 3 aromatic rings. The van der Waals surface area contributed by atoms with Crippen molar-refractivity contribution in [2.24, 2.45) is 0 Å². The fourth-order valence-corrected chi connectivity index (χ4v) is 3.80. The number of fused-ring (bicyclic) bond motifs is 3. The van der Waals surface area contributed by atoms with E-state index in [0.717, 1.165) is 5.56 Å². The van der Waals surface area contributed by atoms with E-state index in [9.17, 15) is 4.79 Å². The van der Waals surface area contributed by atoms with Crippen molar-refractivity contribution in [1.82, 2.24) is 5.32 Å². The topological polar surface area (TPSA) is 62.1 Å². The second-order valence-corrected chi connectivity index (χ2v) is 7.18. The summed E-state index contributed by atoms with van der Waals surface area (Å²) in [5.74, 6) is 0.0689. The van der Waals surface area contributed by atoms with E-state index < -0.39 is 6.09 Å². The molecule has 4 heteroatoms. The Kier molecular flexibility index (Phi) is 5.91. The average Bonchev–Trinajstić information content (AvgIpc) is 3.12. The lowest BCUT2D eigenvalue weighted by atomic mass is 9.98. The summed E-state index contributed by atoms with van der Waals surface area (Å²) in [4.78, 5) is 12.1. The molecule has 1 amide bonds.